The van der Waals surface area contributed by atoms with Crippen LogP contribution in [-0.2, 0) is 11.3 Å². The number of hydrogen-bond donors (Lipinski definition) is 0. The van der Waals surface area contributed by atoms with Crippen molar-refractivity contribution in [2.45, 2.75) is 19.4 Å². The Morgan fingerprint density at radius 1 is 1.13 bits per heavy atom. The van der Waals surface area contributed by atoms with Crippen LogP contribution in [0.3, 0.4) is 0 Å². The van der Waals surface area contributed by atoms with Gasteiger partial charge in [-0.2, -0.15) is 0 Å². The van der Waals surface area contributed by atoms with Gasteiger partial charge in [-0.25, -0.2) is 0 Å². The Morgan fingerprint density at radius 3 is 2.43 bits per heavy atom. The summed E-state index contributed by atoms with van der Waals surface area (Å²) < 4.78 is 10.7. The van der Waals surface area contributed by atoms with Crippen LogP contribution in [0, 0.1) is 11.3 Å². The second kappa shape index (κ2) is 7.20. The van der Waals surface area contributed by atoms with Gasteiger partial charge in [-0.15, -0.1) is 0 Å². The van der Waals surface area contributed by atoms with Crippen molar-refractivity contribution in [2.24, 2.45) is 11.3 Å². The highest BCUT2D eigenvalue weighted by molar-refractivity contribution is 5.27. The summed E-state index contributed by atoms with van der Waals surface area (Å²) in [4.78, 5) is 5.08. The highest BCUT2D eigenvalue weighted by Crippen LogP contribution is 2.44. The molecule has 1 atom stereocenters. The summed E-state index contributed by atoms with van der Waals surface area (Å²) in [6, 6.07) is 8.48. The normalized spacial score (nSPS) is 25.1. The zero-order chi connectivity index (χ0) is 16.3. The van der Waals surface area contributed by atoms with E-state index >= 15 is 0 Å². The van der Waals surface area contributed by atoms with E-state index in [1.165, 1.54) is 44.6 Å². The van der Waals surface area contributed by atoms with Gasteiger partial charge < -0.3 is 14.4 Å². The monoisotopic (exact) mass is 318 g/mol. The molecule has 2 aliphatic heterocycles. The molecule has 1 unspecified atom stereocenters. The molecule has 0 bridgehead atoms. The van der Waals surface area contributed by atoms with Crippen molar-refractivity contribution in [1.29, 1.82) is 0 Å². The molecule has 1 spiro atoms. The average molecular weight is 318 g/mol. The largest absolute Gasteiger partial charge is 0.497 e. The number of methoxy groups -OCH3 is 2. The molecular weight excluding hydrogens is 288 g/mol. The van der Waals surface area contributed by atoms with E-state index in [4.69, 9.17) is 9.47 Å². The second-order valence-electron chi connectivity index (χ2n) is 7.34. The van der Waals surface area contributed by atoms with Crippen LogP contribution in [0.4, 0.5) is 0 Å². The zero-order valence-corrected chi connectivity index (χ0v) is 14.8. The Hall–Kier alpha value is -1.10. The first kappa shape index (κ1) is 16.7. The third kappa shape index (κ3) is 3.70. The van der Waals surface area contributed by atoms with Gasteiger partial charge in [0.2, 0.25) is 0 Å². The first-order valence-corrected chi connectivity index (χ1v) is 8.68. The van der Waals surface area contributed by atoms with E-state index in [0.29, 0.717) is 11.3 Å². The summed E-state index contributed by atoms with van der Waals surface area (Å²) >= 11 is 0. The van der Waals surface area contributed by atoms with Gasteiger partial charge in [-0.3, -0.25) is 4.90 Å². The van der Waals surface area contributed by atoms with Gasteiger partial charge in [0.25, 0.3) is 0 Å². The number of hydrogen-bond acceptors (Lipinski definition) is 4. The minimum atomic E-state index is 0.473. The van der Waals surface area contributed by atoms with E-state index in [9.17, 15) is 0 Å². The standard InChI is InChI=1S/C19H30N2O2/c1-20-13-17(14-22-2)19(15-20)8-10-21(11-9-19)12-16-4-6-18(23-3)7-5-16/h4-7,17H,8-15H2,1-3H3. The first-order valence-electron chi connectivity index (χ1n) is 8.68. The Kier molecular flexibility index (Phi) is 5.24. The van der Waals surface area contributed by atoms with Crippen LogP contribution in [0.1, 0.15) is 18.4 Å². The van der Waals surface area contributed by atoms with Crippen LogP contribution in [0.15, 0.2) is 24.3 Å². The Balaban J connectivity index is 1.57. The predicted molar refractivity (Wildman–Crippen MR) is 92.8 cm³/mol. The van der Waals surface area contributed by atoms with Crippen LogP contribution < -0.4 is 4.74 Å². The molecule has 0 N–H and O–H groups in total. The van der Waals surface area contributed by atoms with Crippen LogP contribution >= 0.6 is 0 Å². The van der Waals surface area contributed by atoms with Crippen LogP contribution in [0.2, 0.25) is 0 Å². The van der Waals surface area contributed by atoms with Crippen molar-refractivity contribution in [2.75, 3.05) is 54.1 Å². The fourth-order valence-corrected chi connectivity index (χ4v) is 4.44. The van der Waals surface area contributed by atoms with E-state index in [-0.39, 0.29) is 0 Å². The highest BCUT2D eigenvalue weighted by Gasteiger charge is 2.46. The molecule has 1 aromatic rings. The summed E-state index contributed by atoms with van der Waals surface area (Å²) in [5, 5.41) is 0. The van der Waals surface area contributed by atoms with E-state index in [0.717, 1.165) is 18.9 Å². The van der Waals surface area contributed by atoms with Gasteiger partial charge in [-0.05, 0) is 56.1 Å². The lowest BCUT2D eigenvalue weighted by atomic mass is 9.71. The predicted octanol–water partition coefficient (Wildman–Crippen LogP) is 2.49. The maximum absolute atomic E-state index is 5.49. The van der Waals surface area contributed by atoms with E-state index in [1.54, 1.807) is 7.11 Å². The van der Waals surface area contributed by atoms with Gasteiger partial charge in [0.1, 0.15) is 5.75 Å². The number of rotatable bonds is 5. The van der Waals surface area contributed by atoms with E-state index < -0.39 is 0 Å². The van der Waals surface area contributed by atoms with E-state index in [2.05, 4.69) is 41.1 Å². The smallest absolute Gasteiger partial charge is 0.118 e. The fraction of sp³-hybridized carbons (Fsp3) is 0.684. The molecule has 3 rings (SSSR count). The second-order valence-corrected chi connectivity index (χ2v) is 7.34. The number of ether oxygens (including phenoxy) is 2. The van der Waals surface area contributed by atoms with Crippen molar-refractivity contribution in [3.8, 4) is 5.75 Å². The summed E-state index contributed by atoms with van der Waals surface area (Å²) in [5.74, 6) is 1.63. The molecule has 2 fully saturated rings. The van der Waals surface area contributed by atoms with E-state index in [1.807, 2.05) is 7.11 Å². The lowest BCUT2D eigenvalue weighted by Crippen LogP contribution is -2.44. The molecule has 0 aliphatic carbocycles. The molecule has 0 amide bonds. The topological polar surface area (TPSA) is 24.9 Å². The molecule has 1 aromatic carbocycles. The molecule has 23 heavy (non-hydrogen) atoms. The summed E-state index contributed by atoms with van der Waals surface area (Å²) in [7, 11) is 5.81. The number of benzene rings is 1. The molecule has 0 aromatic heterocycles. The Morgan fingerprint density at radius 2 is 1.83 bits per heavy atom. The summed E-state index contributed by atoms with van der Waals surface area (Å²) in [6.45, 7) is 6.76. The molecule has 2 aliphatic rings. The van der Waals surface area contributed by atoms with Gasteiger partial charge >= 0.3 is 0 Å². The maximum atomic E-state index is 5.49. The van der Waals surface area contributed by atoms with Crippen LogP contribution in [0.25, 0.3) is 0 Å². The molecular formula is C19H30N2O2. The zero-order valence-electron chi connectivity index (χ0n) is 14.8. The number of nitrogens with zero attached hydrogens (tertiary/aromatic N) is 2. The summed E-state index contributed by atoms with van der Waals surface area (Å²) in [6.07, 6.45) is 2.59. The fourth-order valence-electron chi connectivity index (χ4n) is 4.44. The first-order chi connectivity index (χ1) is 11.1. The maximum Gasteiger partial charge on any atom is 0.118 e. The minimum Gasteiger partial charge on any atom is -0.497 e. The summed E-state index contributed by atoms with van der Waals surface area (Å²) in [5.41, 5.74) is 1.85. The highest BCUT2D eigenvalue weighted by atomic mass is 16.5. The molecule has 2 heterocycles. The van der Waals surface area contributed by atoms with Gasteiger partial charge in [-0.1, -0.05) is 12.1 Å². The quantitative estimate of drug-likeness (QED) is 0.833. The third-order valence-corrected chi connectivity index (χ3v) is 5.77. The third-order valence-electron chi connectivity index (χ3n) is 5.77. The lowest BCUT2D eigenvalue weighted by molar-refractivity contribution is 0.0354. The van der Waals surface area contributed by atoms with Gasteiger partial charge in [0, 0.05) is 32.7 Å². The van der Waals surface area contributed by atoms with Crippen molar-refractivity contribution < 1.29 is 9.47 Å². The molecule has 0 radical (unpaired) electrons. The van der Waals surface area contributed by atoms with Gasteiger partial charge in [0.05, 0.1) is 13.7 Å². The van der Waals surface area contributed by atoms with Crippen LogP contribution in [0.5, 0.6) is 5.75 Å². The molecule has 4 nitrogen and oxygen atoms in total. The molecule has 128 valence electrons. The van der Waals surface area contributed by atoms with Crippen molar-refractivity contribution >= 4 is 0 Å². The Labute approximate surface area is 140 Å². The molecule has 4 heteroatoms. The SMILES string of the molecule is COCC1CN(C)CC12CCN(Cc1ccc(OC)cc1)CC2. The lowest BCUT2D eigenvalue weighted by Gasteiger charge is -2.42. The van der Waals surface area contributed by atoms with Crippen LogP contribution in [-0.4, -0.2) is 63.9 Å². The molecule has 2 saturated heterocycles. The number of piperidine rings is 1. The molecule has 0 saturated carbocycles. The van der Waals surface area contributed by atoms with Crippen molar-refractivity contribution in [3.63, 3.8) is 0 Å². The Bertz CT molecular complexity index is 495. The van der Waals surface area contributed by atoms with Crippen molar-refractivity contribution in [3.05, 3.63) is 29.8 Å². The minimum absolute atomic E-state index is 0.473. The van der Waals surface area contributed by atoms with Gasteiger partial charge in [0.15, 0.2) is 0 Å². The average Bonchev–Trinajstić information content (AvgIpc) is 2.86. The number of likely N-dealkylation sites (tertiary alicyclic amines) is 2. The van der Waals surface area contributed by atoms with Crippen molar-refractivity contribution in [1.82, 2.24) is 9.80 Å².